The number of rotatable bonds is 4. The summed E-state index contributed by atoms with van der Waals surface area (Å²) in [6.45, 7) is 1.45. The number of thiazole rings is 1. The maximum absolute atomic E-state index is 12.7. The van der Waals surface area contributed by atoms with Crippen LogP contribution in [0.3, 0.4) is 0 Å². The van der Waals surface area contributed by atoms with Crippen molar-refractivity contribution >= 4 is 39.8 Å². The fourth-order valence-electron chi connectivity index (χ4n) is 3.49. The van der Waals surface area contributed by atoms with Crippen LogP contribution in [-0.2, 0) is 0 Å². The van der Waals surface area contributed by atoms with E-state index in [0.717, 1.165) is 10.2 Å². The second kappa shape index (κ2) is 8.14. The number of aromatic nitrogens is 3. The molecular formula is C18H21ClN4O4S. The quantitative estimate of drug-likeness (QED) is 0.426. The first-order valence-electron chi connectivity index (χ1n) is 8.68. The third kappa shape index (κ3) is 3.63. The lowest BCUT2D eigenvalue weighted by Gasteiger charge is -2.19. The van der Waals surface area contributed by atoms with Gasteiger partial charge in [-0.2, -0.15) is 0 Å². The molecule has 2 aromatic heterocycles. The molecule has 2 heterocycles. The number of para-hydroxylation sites is 1. The summed E-state index contributed by atoms with van der Waals surface area (Å²) in [6, 6.07) is 7.07. The van der Waals surface area contributed by atoms with Crippen LogP contribution in [0.15, 0.2) is 29.1 Å². The number of aliphatic hydroxyl groups excluding tert-OH is 3. The van der Waals surface area contributed by atoms with Crippen LogP contribution in [0.5, 0.6) is 0 Å². The number of aliphatic hydroxyl groups is 3. The van der Waals surface area contributed by atoms with E-state index in [1.807, 2.05) is 24.3 Å². The molecule has 0 unspecified atom stereocenters. The van der Waals surface area contributed by atoms with Crippen LogP contribution in [0, 0.1) is 12.8 Å². The molecule has 1 aromatic carbocycles. The SMILES string of the molecule is Cc1nc(N[C@@H]2C[C@H](CO)[C@@H](O)[C@H]2O)c(-c2nc3ccccc3s2)c(=O)[nH]1.Cl. The zero-order valence-corrected chi connectivity index (χ0v) is 16.6. The van der Waals surface area contributed by atoms with Gasteiger partial charge in [-0.1, -0.05) is 12.1 Å². The Balaban J connectivity index is 0.00000225. The lowest BCUT2D eigenvalue weighted by molar-refractivity contribution is 0.00446. The van der Waals surface area contributed by atoms with Crippen LogP contribution in [-0.4, -0.2) is 55.1 Å². The average molecular weight is 425 g/mol. The van der Waals surface area contributed by atoms with E-state index in [9.17, 15) is 20.1 Å². The minimum Gasteiger partial charge on any atom is -0.396 e. The predicted octanol–water partition coefficient (Wildman–Crippen LogP) is 1.29. The first-order chi connectivity index (χ1) is 13.0. The molecule has 10 heteroatoms. The molecule has 150 valence electrons. The van der Waals surface area contributed by atoms with Crippen molar-refractivity contribution in [3.63, 3.8) is 0 Å². The zero-order valence-electron chi connectivity index (χ0n) is 15.0. The molecule has 0 aliphatic heterocycles. The third-order valence-corrected chi connectivity index (χ3v) is 5.96. The average Bonchev–Trinajstić information content (AvgIpc) is 3.17. The van der Waals surface area contributed by atoms with Gasteiger partial charge in [0.15, 0.2) is 0 Å². The summed E-state index contributed by atoms with van der Waals surface area (Å²) in [6.07, 6.45) is -1.72. The Morgan fingerprint density at radius 3 is 2.68 bits per heavy atom. The summed E-state index contributed by atoms with van der Waals surface area (Å²) in [5.74, 6) is 0.316. The van der Waals surface area contributed by atoms with Gasteiger partial charge in [-0.25, -0.2) is 9.97 Å². The minimum atomic E-state index is -1.06. The highest BCUT2D eigenvalue weighted by atomic mass is 35.5. The number of H-pyrrole nitrogens is 1. The van der Waals surface area contributed by atoms with Crippen LogP contribution >= 0.6 is 23.7 Å². The second-order valence-corrected chi connectivity index (χ2v) is 7.80. The van der Waals surface area contributed by atoms with Crippen LogP contribution in [0.1, 0.15) is 12.2 Å². The monoisotopic (exact) mass is 424 g/mol. The molecule has 3 aromatic rings. The number of hydrogen-bond acceptors (Lipinski definition) is 8. The van der Waals surface area contributed by atoms with Crippen molar-refractivity contribution in [2.75, 3.05) is 11.9 Å². The summed E-state index contributed by atoms with van der Waals surface area (Å²) < 4.78 is 0.954. The number of aryl methyl sites for hydroxylation is 1. The first kappa shape index (κ1) is 20.7. The van der Waals surface area contributed by atoms with Crippen LogP contribution in [0.25, 0.3) is 20.8 Å². The van der Waals surface area contributed by atoms with E-state index in [4.69, 9.17) is 0 Å². The molecule has 0 spiro atoms. The molecule has 1 fully saturated rings. The molecule has 5 N–H and O–H groups in total. The molecule has 0 amide bonds. The summed E-state index contributed by atoms with van der Waals surface area (Å²) >= 11 is 1.39. The number of anilines is 1. The highest BCUT2D eigenvalue weighted by Crippen LogP contribution is 2.34. The number of fused-ring (bicyclic) bond motifs is 1. The maximum atomic E-state index is 12.7. The standard InChI is InChI=1S/C18H20N4O4S.ClH/c1-8-19-16(21-11-6-9(7-23)14(24)15(11)25)13(17(26)20-8)18-22-10-4-2-3-5-12(10)27-18;/h2-5,9,11,14-15,23-25H,6-7H2,1H3,(H2,19,20,21,26);1H/t9-,11-,14-,15+;/m1./s1. The Morgan fingerprint density at radius 1 is 1.25 bits per heavy atom. The van der Waals surface area contributed by atoms with Gasteiger partial charge in [-0.3, -0.25) is 4.79 Å². The van der Waals surface area contributed by atoms with Gasteiger partial charge in [0, 0.05) is 12.5 Å². The molecule has 1 saturated carbocycles. The highest BCUT2D eigenvalue weighted by Gasteiger charge is 2.41. The van der Waals surface area contributed by atoms with E-state index >= 15 is 0 Å². The topological polar surface area (TPSA) is 131 Å². The Labute approximate surface area is 170 Å². The summed E-state index contributed by atoms with van der Waals surface area (Å²) in [4.78, 5) is 24.3. The Morgan fingerprint density at radius 2 is 2.00 bits per heavy atom. The van der Waals surface area contributed by atoms with Gasteiger partial charge in [0.25, 0.3) is 5.56 Å². The molecule has 28 heavy (non-hydrogen) atoms. The molecule has 4 atom stereocenters. The van der Waals surface area contributed by atoms with Crippen molar-refractivity contribution in [3.05, 3.63) is 40.4 Å². The largest absolute Gasteiger partial charge is 0.396 e. The Kier molecular flexibility index (Phi) is 6.01. The normalized spacial score (nSPS) is 24.3. The second-order valence-electron chi connectivity index (χ2n) is 6.77. The van der Waals surface area contributed by atoms with Gasteiger partial charge in [-0.05, 0) is 25.5 Å². The van der Waals surface area contributed by atoms with Gasteiger partial charge >= 0.3 is 0 Å². The van der Waals surface area contributed by atoms with Crippen LogP contribution in [0.4, 0.5) is 5.82 Å². The molecule has 0 radical (unpaired) electrons. The van der Waals surface area contributed by atoms with Crippen molar-refractivity contribution < 1.29 is 15.3 Å². The summed E-state index contributed by atoms with van der Waals surface area (Å²) in [5.41, 5.74) is 0.770. The van der Waals surface area contributed by atoms with E-state index in [1.54, 1.807) is 6.92 Å². The maximum Gasteiger partial charge on any atom is 0.263 e. The Bertz CT molecular complexity index is 1010. The lowest BCUT2D eigenvalue weighted by Crippen LogP contribution is -2.36. The summed E-state index contributed by atoms with van der Waals surface area (Å²) in [5, 5.41) is 33.3. The number of benzene rings is 1. The van der Waals surface area contributed by atoms with Gasteiger partial charge < -0.3 is 25.6 Å². The molecule has 0 bridgehead atoms. The molecule has 1 aliphatic rings. The van der Waals surface area contributed by atoms with E-state index in [2.05, 4.69) is 20.3 Å². The third-order valence-electron chi connectivity index (χ3n) is 4.90. The first-order valence-corrected chi connectivity index (χ1v) is 9.50. The van der Waals surface area contributed by atoms with E-state index in [0.29, 0.717) is 28.6 Å². The summed E-state index contributed by atoms with van der Waals surface area (Å²) in [7, 11) is 0. The number of halogens is 1. The van der Waals surface area contributed by atoms with Crippen molar-refractivity contribution in [1.82, 2.24) is 15.0 Å². The Hall–Kier alpha value is -2.04. The van der Waals surface area contributed by atoms with E-state index in [1.165, 1.54) is 11.3 Å². The molecular weight excluding hydrogens is 404 g/mol. The van der Waals surface area contributed by atoms with E-state index in [-0.39, 0.29) is 24.6 Å². The van der Waals surface area contributed by atoms with Crippen LogP contribution in [0.2, 0.25) is 0 Å². The van der Waals surface area contributed by atoms with Crippen molar-refractivity contribution in [2.24, 2.45) is 5.92 Å². The van der Waals surface area contributed by atoms with Crippen LogP contribution < -0.4 is 10.9 Å². The zero-order chi connectivity index (χ0) is 19.1. The number of nitrogens with one attached hydrogen (secondary N) is 2. The van der Waals surface area contributed by atoms with E-state index < -0.39 is 24.2 Å². The van der Waals surface area contributed by atoms with Gasteiger partial charge in [-0.15, -0.1) is 23.7 Å². The molecule has 4 rings (SSSR count). The smallest absolute Gasteiger partial charge is 0.263 e. The lowest BCUT2D eigenvalue weighted by atomic mass is 10.1. The predicted molar refractivity (Wildman–Crippen MR) is 110 cm³/mol. The number of aromatic amines is 1. The van der Waals surface area contributed by atoms with Crippen molar-refractivity contribution in [3.8, 4) is 10.6 Å². The number of hydrogen-bond donors (Lipinski definition) is 5. The van der Waals surface area contributed by atoms with Gasteiger partial charge in [0.1, 0.15) is 28.3 Å². The minimum absolute atomic E-state index is 0. The van der Waals surface area contributed by atoms with Gasteiger partial charge in [0.2, 0.25) is 0 Å². The molecule has 8 nitrogen and oxygen atoms in total. The fourth-order valence-corrected chi connectivity index (χ4v) is 4.50. The van der Waals surface area contributed by atoms with Crippen molar-refractivity contribution in [2.45, 2.75) is 31.6 Å². The fraction of sp³-hybridized carbons (Fsp3) is 0.389. The molecule has 0 saturated heterocycles. The van der Waals surface area contributed by atoms with Gasteiger partial charge in [0.05, 0.1) is 22.4 Å². The molecule has 1 aliphatic carbocycles. The number of nitrogens with zero attached hydrogens (tertiary/aromatic N) is 2. The van der Waals surface area contributed by atoms with Crippen molar-refractivity contribution in [1.29, 1.82) is 0 Å². The highest BCUT2D eigenvalue weighted by molar-refractivity contribution is 7.21.